The number of hydrogen-bond acceptors (Lipinski definition) is 0. The fraction of sp³-hybridized carbons (Fsp3) is 0.294. The number of fused-ring (bicyclic) bond motifs is 7. The molecule has 4 rings (SSSR count). The molecule has 0 spiro atoms. The lowest BCUT2D eigenvalue weighted by atomic mass is 9.82. The first-order valence-corrected chi connectivity index (χ1v) is 6.74. The van der Waals surface area contributed by atoms with Crippen LogP contribution in [0.1, 0.15) is 40.8 Å². The van der Waals surface area contributed by atoms with E-state index in [0.29, 0.717) is 6.04 Å². The molecule has 90 valence electrons. The summed E-state index contributed by atoms with van der Waals surface area (Å²) in [4.78, 5) is 0. The van der Waals surface area contributed by atoms with Gasteiger partial charge in [0.05, 0.1) is 0 Å². The minimum atomic E-state index is 0.128. The average molecular weight is 236 g/mol. The van der Waals surface area contributed by atoms with E-state index >= 15 is 0 Å². The van der Waals surface area contributed by atoms with Crippen LogP contribution < -0.4 is 5.32 Å². The monoisotopic (exact) mass is 236 g/mol. The van der Waals surface area contributed by atoms with E-state index in [2.05, 4.69) is 61.6 Å². The lowest BCUT2D eigenvalue weighted by Crippen LogP contribution is -2.93. The highest BCUT2D eigenvalue weighted by Crippen LogP contribution is 2.42. The highest BCUT2D eigenvalue weighted by molar-refractivity contribution is 5.50. The Balaban J connectivity index is 2.02. The van der Waals surface area contributed by atoms with Crippen molar-refractivity contribution in [3.05, 3.63) is 70.3 Å². The second-order valence-corrected chi connectivity index (χ2v) is 5.93. The van der Waals surface area contributed by atoms with E-state index in [0.717, 1.165) is 0 Å². The topological polar surface area (TPSA) is 16.6 Å². The lowest BCUT2D eigenvalue weighted by molar-refractivity contribution is -0.752. The van der Waals surface area contributed by atoms with E-state index in [1.165, 1.54) is 28.7 Å². The molecule has 0 saturated carbocycles. The van der Waals surface area contributed by atoms with Crippen LogP contribution in [-0.4, -0.2) is 0 Å². The van der Waals surface area contributed by atoms with Crippen molar-refractivity contribution in [1.82, 2.24) is 0 Å². The number of rotatable bonds is 0. The number of quaternary nitrogens is 1. The van der Waals surface area contributed by atoms with Crippen LogP contribution in [-0.2, 0) is 12.0 Å². The summed E-state index contributed by atoms with van der Waals surface area (Å²) in [6.45, 7) is 4.57. The van der Waals surface area contributed by atoms with Crippen molar-refractivity contribution in [3.63, 3.8) is 0 Å². The third-order valence-electron chi connectivity index (χ3n) is 4.72. The molecule has 2 heterocycles. The molecule has 2 N–H and O–H groups in total. The molecule has 2 atom stereocenters. The zero-order valence-electron chi connectivity index (χ0n) is 10.9. The molecule has 0 unspecified atom stereocenters. The summed E-state index contributed by atoms with van der Waals surface area (Å²) < 4.78 is 0. The van der Waals surface area contributed by atoms with Crippen LogP contribution in [0.4, 0.5) is 0 Å². The third kappa shape index (κ3) is 1.15. The minimum absolute atomic E-state index is 0.128. The molecule has 1 nitrogen and oxygen atoms in total. The molecule has 2 aromatic carbocycles. The maximum absolute atomic E-state index is 2.55. The zero-order chi connectivity index (χ0) is 12.3. The molecule has 0 amide bonds. The quantitative estimate of drug-likeness (QED) is 0.723. The van der Waals surface area contributed by atoms with Gasteiger partial charge in [0.2, 0.25) is 0 Å². The lowest BCUT2D eigenvalue weighted by Gasteiger charge is -2.30. The van der Waals surface area contributed by atoms with Crippen molar-refractivity contribution in [3.8, 4) is 0 Å². The molecule has 0 radical (unpaired) electrons. The normalized spacial score (nSPS) is 27.8. The number of aryl methyl sites for hydroxylation is 1. The van der Waals surface area contributed by atoms with Gasteiger partial charge in [-0.05, 0) is 25.5 Å². The van der Waals surface area contributed by atoms with Gasteiger partial charge in [0.25, 0.3) is 0 Å². The molecular weight excluding hydrogens is 218 g/mol. The molecule has 0 aromatic heterocycles. The second kappa shape index (κ2) is 3.24. The summed E-state index contributed by atoms with van der Waals surface area (Å²) >= 11 is 0. The summed E-state index contributed by atoms with van der Waals surface area (Å²) in [5, 5.41) is 2.55. The molecule has 0 fully saturated rings. The number of nitrogens with two attached hydrogens (primary N) is 1. The van der Waals surface area contributed by atoms with Crippen molar-refractivity contribution < 1.29 is 5.32 Å². The fourth-order valence-corrected chi connectivity index (χ4v) is 3.89. The highest BCUT2D eigenvalue weighted by atomic mass is 15.1. The van der Waals surface area contributed by atoms with E-state index in [1.807, 2.05) is 0 Å². The SMILES string of the molecule is Cc1ccc2c(c1)[C@H]1Cc3ccccc3[C@]2(C)[NH2+]1. The zero-order valence-corrected chi connectivity index (χ0v) is 10.9. The first-order valence-electron chi connectivity index (χ1n) is 6.74. The fourth-order valence-electron chi connectivity index (χ4n) is 3.89. The molecule has 0 saturated heterocycles. The van der Waals surface area contributed by atoms with Crippen LogP contribution in [0.15, 0.2) is 42.5 Å². The van der Waals surface area contributed by atoms with Crippen LogP contribution in [0.2, 0.25) is 0 Å². The molecular formula is C17H18N+. The predicted molar refractivity (Wildman–Crippen MR) is 72.4 cm³/mol. The summed E-state index contributed by atoms with van der Waals surface area (Å²) in [6.07, 6.45) is 1.17. The highest BCUT2D eigenvalue weighted by Gasteiger charge is 2.49. The Morgan fingerprint density at radius 3 is 2.83 bits per heavy atom. The molecule has 2 aliphatic rings. The van der Waals surface area contributed by atoms with Gasteiger partial charge in [-0.2, -0.15) is 0 Å². The van der Waals surface area contributed by atoms with Crippen LogP contribution >= 0.6 is 0 Å². The van der Waals surface area contributed by atoms with Gasteiger partial charge in [0.1, 0.15) is 11.6 Å². The van der Waals surface area contributed by atoms with Crippen LogP contribution in [0, 0.1) is 6.92 Å². The van der Waals surface area contributed by atoms with E-state index in [4.69, 9.17) is 0 Å². The Morgan fingerprint density at radius 1 is 1.11 bits per heavy atom. The smallest absolute Gasteiger partial charge is 0.146 e. The maximum Gasteiger partial charge on any atom is 0.146 e. The molecule has 0 aliphatic carbocycles. The molecule has 18 heavy (non-hydrogen) atoms. The van der Waals surface area contributed by atoms with Gasteiger partial charge in [-0.15, -0.1) is 0 Å². The standard InChI is InChI=1S/C17H17N/c1-11-7-8-15-13(9-11)16-10-12-5-3-4-6-14(12)17(15,2)18-16/h3-9,16,18H,10H2,1-2H3/p+1/t16-,17+/m1/s1. The second-order valence-electron chi connectivity index (χ2n) is 5.93. The van der Waals surface area contributed by atoms with E-state index in [9.17, 15) is 0 Å². The van der Waals surface area contributed by atoms with Gasteiger partial charge in [-0.25, -0.2) is 0 Å². The Bertz CT molecular complexity index is 644. The van der Waals surface area contributed by atoms with Crippen molar-refractivity contribution in [2.24, 2.45) is 0 Å². The molecule has 2 bridgehead atoms. The van der Waals surface area contributed by atoms with Crippen molar-refractivity contribution in [1.29, 1.82) is 0 Å². The van der Waals surface area contributed by atoms with Gasteiger partial charge in [0.15, 0.2) is 0 Å². The molecule has 2 aliphatic heterocycles. The van der Waals surface area contributed by atoms with Crippen LogP contribution in [0.25, 0.3) is 0 Å². The maximum atomic E-state index is 2.55. The van der Waals surface area contributed by atoms with Crippen molar-refractivity contribution in [2.45, 2.75) is 31.8 Å². The third-order valence-corrected chi connectivity index (χ3v) is 4.72. The number of hydrogen-bond donors (Lipinski definition) is 1. The number of benzene rings is 2. The summed E-state index contributed by atoms with van der Waals surface area (Å²) in [7, 11) is 0. The van der Waals surface area contributed by atoms with Crippen molar-refractivity contribution in [2.75, 3.05) is 0 Å². The van der Waals surface area contributed by atoms with E-state index in [-0.39, 0.29) is 5.54 Å². The Hall–Kier alpha value is -1.60. The van der Waals surface area contributed by atoms with Gasteiger partial charge in [-0.3, -0.25) is 0 Å². The van der Waals surface area contributed by atoms with Gasteiger partial charge in [-0.1, -0.05) is 42.0 Å². The summed E-state index contributed by atoms with van der Waals surface area (Å²) in [6, 6.07) is 16.5. The summed E-state index contributed by atoms with van der Waals surface area (Å²) in [5.41, 5.74) is 7.60. The predicted octanol–water partition coefficient (Wildman–Crippen LogP) is 2.43. The Labute approximate surface area is 108 Å². The van der Waals surface area contributed by atoms with E-state index < -0.39 is 0 Å². The Morgan fingerprint density at radius 2 is 1.94 bits per heavy atom. The molecule has 2 aromatic rings. The van der Waals surface area contributed by atoms with Crippen LogP contribution in [0.3, 0.4) is 0 Å². The molecule has 1 heteroatoms. The first-order chi connectivity index (χ1) is 8.68. The van der Waals surface area contributed by atoms with Gasteiger partial charge in [0, 0.05) is 23.1 Å². The minimum Gasteiger partial charge on any atom is -0.328 e. The van der Waals surface area contributed by atoms with Gasteiger partial charge < -0.3 is 5.32 Å². The van der Waals surface area contributed by atoms with Crippen LogP contribution in [0.5, 0.6) is 0 Å². The van der Waals surface area contributed by atoms with Gasteiger partial charge >= 0.3 is 0 Å². The van der Waals surface area contributed by atoms with E-state index in [1.54, 1.807) is 5.56 Å². The van der Waals surface area contributed by atoms with Crippen molar-refractivity contribution >= 4 is 0 Å². The Kier molecular flexibility index (Phi) is 1.86. The summed E-state index contributed by atoms with van der Waals surface area (Å²) in [5.74, 6) is 0. The average Bonchev–Trinajstić information content (AvgIpc) is 2.59. The largest absolute Gasteiger partial charge is 0.328 e. The first kappa shape index (κ1) is 10.3.